The second kappa shape index (κ2) is 27.5. The molecule has 35 atom stereocenters. The molecule has 0 spiro atoms. The van der Waals surface area contributed by atoms with Gasteiger partial charge in [-0.05, 0) is 0 Å². The Morgan fingerprint density at radius 3 is 0.590 bits per heavy atom. The third kappa shape index (κ3) is 12.9. The van der Waals surface area contributed by atoms with Crippen LogP contribution >= 0.6 is 0 Å². The topological polar surface area (TPSA) is 585 Å². The summed E-state index contributed by atoms with van der Waals surface area (Å²) in [5.74, 6) is 0. The van der Waals surface area contributed by atoms with Gasteiger partial charge in [-0.1, -0.05) is 0 Å². The Balaban J connectivity index is 1.06. The minimum Gasteiger partial charge on any atom is -0.394 e. The first-order valence-electron chi connectivity index (χ1n) is 24.7. The standard InChI is InChI=1S/C42H72O36/c43-1-8-15(50)22(57)23(58)37(67-8)74-31-17(52)10(3-45)69-39(25(31)60)76-33-19(54)12(5-47)71-41(27(33)62)78-35-21(56)14(7-49)72-42(29(35)64)77-34-20(55)13(6-48)70-40(28(34)63)75-32-18(53)11(4-46)68-38(26(32)61)73-30-16(51)9(2-44)66-36(65)24(30)59/h8-65H,1-7H2/t8-,9-,10-,11-,12-,13-,14-,15-,16-,17-,18-,19-,20-,21-,22+,23-,24-,25-,26-,27-,28-,29-,30+,31+,32+,33+,34+,35+,36?,37+,38+,39+,40+,41+,42+/m1/s1. The summed E-state index contributed by atoms with van der Waals surface area (Å²) in [5.41, 5.74) is 0. The van der Waals surface area contributed by atoms with Crippen molar-refractivity contribution in [3.8, 4) is 0 Å². The lowest BCUT2D eigenvalue weighted by molar-refractivity contribution is -0.400. The van der Waals surface area contributed by atoms with Gasteiger partial charge in [-0.15, -0.1) is 0 Å². The molecule has 7 rings (SSSR count). The number of aliphatic hydroxyl groups excluding tert-OH is 23. The first-order valence-corrected chi connectivity index (χ1v) is 24.7. The van der Waals surface area contributed by atoms with Crippen LogP contribution in [0.15, 0.2) is 0 Å². The molecule has 0 saturated carbocycles. The summed E-state index contributed by atoms with van der Waals surface area (Å²) in [4.78, 5) is 0. The Hall–Kier alpha value is -1.44. The molecular weight excluding hydrogens is 1080 g/mol. The predicted molar refractivity (Wildman–Crippen MR) is 232 cm³/mol. The highest BCUT2D eigenvalue weighted by atomic mass is 16.8. The Morgan fingerprint density at radius 1 is 0.192 bits per heavy atom. The normalized spacial score (nSPS) is 53.5. The number of hydrogen-bond acceptors (Lipinski definition) is 36. The summed E-state index contributed by atoms with van der Waals surface area (Å²) in [7, 11) is 0. The van der Waals surface area contributed by atoms with Crippen molar-refractivity contribution >= 4 is 0 Å². The van der Waals surface area contributed by atoms with Crippen LogP contribution in [0.4, 0.5) is 0 Å². The van der Waals surface area contributed by atoms with E-state index < -0.39 is 261 Å². The van der Waals surface area contributed by atoms with Crippen LogP contribution in [0.2, 0.25) is 0 Å². The molecule has 0 radical (unpaired) electrons. The van der Waals surface area contributed by atoms with E-state index in [1.54, 1.807) is 0 Å². The van der Waals surface area contributed by atoms with Crippen LogP contribution in [0.3, 0.4) is 0 Å². The fourth-order valence-electron chi connectivity index (χ4n) is 9.97. The molecule has 0 amide bonds. The Kier molecular flexibility index (Phi) is 22.6. The summed E-state index contributed by atoms with van der Waals surface area (Å²) >= 11 is 0. The lowest BCUT2D eigenvalue weighted by Gasteiger charge is -2.50. The summed E-state index contributed by atoms with van der Waals surface area (Å²) in [5, 5.41) is 246. The van der Waals surface area contributed by atoms with Gasteiger partial charge >= 0.3 is 0 Å². The fraction of sp³-hybridized carbons (Fsp3) is 1.00. The highest BCUT2D eigenvalue weighted by Crippen LogP contribution is 2.38. The van der Waals surface area contributed by atoms with Gasteiger partial charge in [0.2, 0.25) is 0 Å². The lowest BCUT2D eigenvalue weighted by Crippen LogP contribution is -2.69. The molecule has 0 bridgehead atoms. The number of rotatable bonds is 19. The van der Waals surface area contributed by atoms with Crippen molar-refractivity contribution in [1.82, 2.24) is 0 Å². The van der Waals surface area contributed by atoms with Crippen molar-refractivity contribution in [2.24, 2.45) is 0 Å². The summed E-state index contributed by atoms with van der Waals surface area (Å²) in [6, 6.07) is 0. The molecule has 23 N–H and O–H groups in total. The van der Waals surface area contributed by atoms with Gasteiger partial charge < -0.3 is 179 Å². The largest absolute Gasteiger partial charge is 0.394 e. The van der Waals surface area contributed by atoms with Crippen LogP contribution < -0.4 is 0 Å². The average molecular weight is 1150 g/mol. The minimum absolute atomic E-state index is 0.880. The van der Waals surface area contributed by atoms with Crippen molar-refractivity contribution in [2.45, 2.75) is 215 Å². The third-order valence-electron chi connectivity index (χ3n) is 14.5. The molecule has 36 heteroatoms. The summed E-state index contributed by atoms with van der Waals surface area (Å²) in [6.07, 6.45) is -70.1. The van der Waals surface area contributed by atoms with E-state index in [1.807, 2.05) is 0 Å². The Morgan fingerprint density at radius 2 is 0.372 bits per heavy atom. The third-order valence-corrected chi connectivity index (χ3v) is 14.5. The Bertz CT molecular complexity index is 1820. The SMILES string of the molecule is OC[C@H]1O[C@@H](O[C@@H]2[C@@H](O)[C@H](O[C@@H]3[C@@H](O)[C@H](O[C@@H]4[C@@H](O)[C@H](O[C@@H]5[C@@H](O)[C@H](O[C@@H]6[C@@H](O)[C@H](O[C@H]7[C@H](O)[C@@H](CO)OC(O)[C@@H]7O)O[C@H](CO)[C@H]6O)O[C@H](CO)[C@H]5O)O[C@H](CO)[C@H]4O)O[C@H](CO)[C@H]3O)O[C@H](CO)[C@H]2O)[C@H](O)[C@@H](O)[C@@H]1O. The van der Waals surface area contributed by atoms with Crippen LogP contribution in [-0.4, -0.2) is 379 Å². The molecule has 0 aliphatic carbocycles. The number of ether oxygens (including phenoxy) is 13. The average Bonchev–Trinajstić information content (AvgIpc) is 3.48. The molecule has 7 saturated heterocycles. The zero-order valence-corrected chi connectivity index (χ0v) is 40.8. The predicted octanol–water partition coefficient (Wildman–Crippen LogP) is -16.3. The zero-order valence-electron chi connectivity index (χ0n) is 40.8. The Labute approximate surface area is 439 Å². The monoisotopic (exact) mass is 1150 g/mol. The van der Waals surface area contributed by atoms with E-state index in [1.165, 1.54) is 0 Å². The van der Waals surface area contributed by atoms with Gasteiger partial charge in [0, 0.05) is 0 Å². The molecule has 7 aliphatic heterocycles. The van der Waals surface area contributed by atoms with E-state index in [4.69, 9.17) is 61.6 Å². The van der Waals surface area contributed by atoms with Crippen molar-refractivity contribution in [3.63, 3.8) is 0 Å². The molecule has 36 nitrogen and oxygen atoms in total. The van der Waals surface area contributed by atoms with E-state index >= 15 is 0 Å². The first kappa shape index (κ1) is 64.1. The maximum atomic E-state index is 11.7. The molecule has 456 valence electrons. The molecule has 0 aromatic rings. The molecule has 0 aromatic heterocycles. The second-order valence-corrected chi connectivity index (χ2v) is 19.6. The number of hydrogen-bond donors (Lipinski definition) is 23. The highest BCUT2D eigenvalue weighted by molar-refractivity contribution is 5.01. The van der Waals surface area contributed by atoms with Crippen LogP contribution in [0.1, 0.15) is 0 Å². The van der Waals surface area contributed by atoms with Gasteiger partial charge in [0.1, 0.15) is 171 Å². The summed E-state index contributed by atoms with van der Waals surface area (Å²) in [6.45, 7) is -7.04. The highest BCUT2D eigenvalue weighted by Gasteiger charge is 2.59. The fourth-order valence-corrected chi connectivity index (χ4v) is 9.97. The van der Waals surface area contributed by atoms with Gasteiger partial charge in [-0.25, -0.2) is 0 Å². The van der Waals surface area contributed by atoms with E-state index in [-0.39, 0.29) is 0 Å². The molecule has 78 heavy (non-hydrogen) atoms. The van der Waals surface area contributed by atoms with Crippen molar-refractivity contribution in [2.75, 3.05) is 46.2 Å². The van der Waals surface area contributed by atoms with Crippen molar-refractivity contribution in [3.05, 3.63) is 0 Å². The van der Waals surface area contributed by atoms with E-state index in [9.17, 15) is 117 Å². The molecule has 7 fully saturated rings. The molecule has 1 unspecified atom stereocenters. The van der Waals surface area contributed by atoms with Crippen LogP contribution in [0.5, 0.6) is 0 Å². The maximum absolute atomic E-state index is 11.7. The second-order valence-electron chi connectivity index (χ2n) is 19.6. The van der Waals surface area contributed by atoms with Crippen LogP contribution in [-0.2, 0) is 61.6 Å². The minimum atomic E-state index is -2.33. The smallest absolute Gasteiger partial charge is 0.187 e. The summed E-state index contributed by atoms with van der Waals surface area (Å²) < 4.78 is 72.0. The molecule has 7 heterocycles. The van der Waals surface area contributed by atoms with E-state index in [2.05, 4.69) is 0 Å². The molecular formula is C42H72O36. The lowest BCUT2D eigenvalue weighted by atomic mass is 9.95. The molecule has 0 aromatic carbocycles. The number of aliphatic hydroxyl groups is 23. The van der Waals surface area contributed by atoms with Gasteiger partial charge in [0.05, 0.1) is 46.2 Å². The van der Waals surface area contributed by atoms with E-state index in [0.717, 1.165) is 0 Å². The molecule has 7 aliphatic rings. The van der Waals surface area contributed by atoms with Crippen molar-refractivity contribution in [1.29, 1.82) is 0 Å². The van der Waals surface area contributed by atoms with Crippen molar-refractivity contribution < 1.29 is 179 Å². The van der Waals surface area contributed by atoms with Gasteiger partial charge in [0.25, 0.3) is 0 Å². The van der Waals surface area contributed by atoms with Crippen LogP contribution in [0.25, 0.3) is 0 Å². The van der Waals surface area contributed by atoms with Gasteiger partial charge in [-0.2, -0.15) is 0 Å². The first-order chi connectivity index (χ1) is 37.0. The quantitative estimate of drug-likeness (QED) is 0.0571. The maximum Gasteiger partial charge on any atom is 0.187 e. The van der Waals surface area contributed by atoms with Gasteiger partial charge in [0.15, 0.2) is 44.0 Å². The van der Waals surface area contributed by atoms with Crippen LogP contribution in [0, 0.1) is 0 Å². The van der Waals surface area contributed by atoms with Gasteiger partial charge in [-0.3, -0.25) is 0 Å². The van der Waals surface area contributed by atoms with E-state index in [0.29, 0.717) is 0 Å². The zero-order chi connectivity index (χ0) is 57.3.